The minimum absolute atomic E-state index is 0.283. The number of halogens is 1. The molecule has 0 fully saturated rings. The highest BCUT2D eigenvalue weighted by Gasteiger charge is 2.37. The van der Waals surface area contributed by atoms with Gasteiger partial charge >= 0.3 is 0 Å². The number of benzene rings is 2. The fourth-order valence-corrected chi connectivity index (χ4v) is 2.81. The van der Waals surface area contributed by atoms with E-state index in [4.69, 9.17) is 10.00 Å². The summed E-state index contributed by atoms with van der Waals surface area (Å²) >= 11 is 0. The quantitative estimate of drug-likeness (QED) is 0.818. The molecule has 1 aliphatic rings. The molecule has 1 unspecified atom stereocenters. The first-order chi connectivity index (χ1) is 11.2. The molecule has 0 amide bonds. The van der Waals surface area contributed by atoms with E-state index in [0.717, 1.165) is 5.56 Å². The molecule has 1 aliphatic carbocycles. The van der Waals surface area contributed by atoms with E-state index >= 15 is 4.39 Å². The molecule has 114 valence electrons. The average Bonchev–Trinajstić information content (AvgIpc) is 2.62. The summed E-state index contributed by atoms with van der Waals surface area (Å²) in [5.74, 6) is 0.701. The summed E-state index contributed by atoms with van der Waals surface area (Å²) in [4.78, 5) is 0. The van der Waals surface area contributed by atoms with Crippen LogP contribution in [0.2, 0.25) is 0 Å². The van der Waals surface area contributed by atoms with E-state index in [1.807, 2.05) is 12.2 Å². The molecule has 0 saturated carbocycles. The SMILES string of the molecule is COc1ccc(C2(F)CC=CC=C2c2ccc(C#N)cc2)cc1. The lowest BCUT2D eigenvalue weighted by molar-refractivity contribution is 0.249. The van der Waals surface area contributed by atoms with Gasteiger partial charge in [-0.3, -0.25) is 0 Å². The van der Waals surface area contributed by atoms with Gasteiger partial charge in [0.25, 0.3) is 0 Å². The number of alkyl halides is 1. The molecule has 0 N–H and O–H groups in total. The van der Waals surface area contributed by atoms with Gasteiger partial charge in [-0.1, -0.05) is 42.5 Å². The Morgan fingerprint density at radius 2 is 1.78 bits per heavy atom. The molecule has 3 rings (SSSR count). The number of rotatable bonds is 3. The maximum atomic E-state index is 15.8. The first kappa shape index (κ1) is 15.1. The summed E-state index contributed by atoms with van der Waals surface area (Å²) in [7, 11) is 1.59. The summed E-state index contributed by atoms with van der Waals surface area (Å²) in [6.07, 6.45) is 5.78. The Morgan fingerprint density at radius 1 is 1.09 bits per heavy atom. The number of nitrogens with zero attached hydrogens (tertiary/aromatic N) is 1. The second-order valence-electron chi connectivity index (χ2n) is 5.43. The second-order valence-corrected chi connectivity index (χ2v) is 5.43. The third kappa shape index (κ3) is 2.76. The number of ether oxygens (including phenoxy) is 1. The van der Waals surface area contributed by atoms with Crippen molar-refractivity contribution in [2.24, 2.45) is 0 Å². The van der Waals surface area contributed by atoms with Gasteiger partial charge < -0.3 is 4.74 Å². The maximum absolute atomic E-state index is 15.8. The predicted molar refractivity (Wildman–Crippen MR) is 88.7 cm³/mol. The molecule has 0 spiro atoms. The van der Waals surface area contributed by atoms with Crippen molar-refractivity contribution in [2.75, 3.05) is 7.11 Å². The number of methoxy groups -OCH3 is 1. The Bertz CT molecular complexity index is 797. The minimum Gasteiger partial charge on any atom is -0.497 e. The smallest absolute Gasteiger partial charge is 0.165 e. The molecule has 3 heteroatoms. The topological polar surface area (TPSA) is 33.0 Å². The van der Waals surface area contributed by atoms with Crippen LogP contribution in [0.1, 0.15) is 23.1 Å². The van der Waals surface area contributed by atoms with Crippen LogP contribution in [-0.2, 0) is 5.67 Å². The number of hydrogen-bond donors (Lipinski definition) is 0. The largest absolute Gasteiger partial charge is 0.497 e. The van der Waals surface area contributed by atoms with Gasteiger partial charge in [-0.05, 0) is 35.4 Å². The lowest BCUT2D eigenvalue weighted by Crippen LogP contribution is -2.23. The van der Waals surface area contributed by atoms with Crippen LogP contribution in [0.5, 0.6) is 5.75 Å². The molecule has 1 atom stereocenters. The molecule has 0 aliphatic heterocycles. The van der Waals surface area contributed by atoms with Crippen molar-refractivity contribution in [3.05, 3.63) is 83.4 Å². The molecular weight excluding hydrogens is 289 g/mol. The van der Waals surface area contributed by atoms with Gasteiger partial charge in [0.1, 0.15) is 5.75 Å². The third-order valence-corrected chi connectivity index (χ3v) is 4.10. The first-order valence-electron chi connectivity index (χ1n) is 7.38. The van der Waals surface area contributed by atoms with Gasteiger partial charge in [-0.15, -0.1) is 0 Å². The number of nitriles is 1. The van der Waals surface area contributed by atoms with Crippen molar-refractivity contribution in [1.29, 1.82) is 5.26 Å². The van der Waals surface area contributed by atoms with Gasteiger partial charge in [-0.25, -0.2) is 4.39 Å². The van der Waals surface area contributed by atoms with Crippen LogP contribution in [0.15, 0.2) is 66.8 Å². The van der Waals surface area contributed by atoms with E-state index in [9.17, 15) is 0 Å². The van der Waals surface area contributed by atoms with E-state index in [2.05, 4.69) is 6.07 Å². The summed E-state index contributed by atoms with van der Waals surface area (Å²) in [5, 5.41) is 8.91. The van der Waals surface area contributed by atoms with Crippen LogP contribution in [0.3, 0.4) is 0 Å². The van der Waals surface area contributed by atoms with Crippen LogP contribution in [0.25, 0.3) is 5.57 Å². The molecule has 0 heterocycles. The van der Waals surface area contributed by atoms with Gasteiger partial charge in [0.05, 0.1) is 18.7 Å². The van der Waals surface area contributed by atoms with Crippen molar-refractivity contribution in [3.63, 3.8) is 0 Å². The van der Waals surface area contributed by atoms with Gasteiger partial charge in [0.15, 0.2) is 5.67 Å². The second kappa shape index (κ2) is 6.10. The average molecular weight is 305 g/mol. The zero-order valence-corrected chi connectivity index (χ0v) is 12.8. The maximum Gasteiger partial charge on any atom is 0.165 e. The molecular formula is C20H16FNO. The molecule has 2 aromatic rings. The number of hydrogen-bond acceptors (Lipinski definition) is 2. The Morgan fingerprint density at radius 3 is 2.39 bits per heavy atom. The fourth-order valence-electron chi connectivity index (χ4n) is 2.81. The molecule has 0 aromatic heterocycles. The zero-order chi connectivity index (χ0) is 16.3. The Kier molecular flexibility index (Phi) is 3.99. The molecule has 2 aromatic carbocycles. The van der Waals surface area contributed by atoms with E-state index in [1.54, 1.807) is 61.7 Å². The van der Waals surface area contributed by atoms with Crippen molar-refractivity contribution in [3.8, 4) is 11.8 Å². The fraction of sp³-hybridized carbons (Fsp3) is 0.150. The predicted octanol–water partition coefficient (Wildman–Crippen LogP) is 4.78. The van der Waals surface area contributed by atoms with Crippen LogP contribution in [0.4, 0.5) is 4.39 Å². The van der Waals surface area contributed by atoms with Crippen molar-refractivity contribution in [2.45, 2.75) is 12.1 Å². The monoisotopic (exact) mass is 305 g/mol. The Labute approximate surface area is 135 Å². The molecule has 0 bridgehead atoms. The highest BCUT2D eigenvalue weighted by molar-refractivity contribution is 5.77. The Hall–Kier alpha value is -2.86. The highest BCUT2D eigenvalue weighted by atomic mass is 19.1. The summed E-state index contributed by atoms with van der Waals surface area (Å²) in [5.41, 5.74) is 0.962. The van der Waals surface area contributed by atoms with E-state index < -0.39 is 5.67 Å². The highest BCUT2D eigenvalue weighted by Crippen LogP contribution is 2.45. The van der Waals surface area contributed by atoms with E-state index in [1.165, 1.54) is 0 Å². The standard InChI is InChI=1S/C20H16FNO/c1-23-18-11-9-17(10-12-18)20(21)13-3-2-4-19(20)16-7-5-15(14-22)6-8-16/h2-12H,13H2,1H3. The third-order valence-electron chi connectivity index (χ3n) is 4.10. The lowest BCUT2D eigenvalue weighted by Gasteiger charge is -2.30. The minimum atomic E-state index is -1.59. The molecule has 2 nitrogen and oxygen atoms in total. The van der Waals surface area contributed by atoms with Crippen molar-refractivity contribution < 1.29 is 9.13 Å². The van der Waals surface area contributed by atoms with Crippen LogP contribution < -0.4 is 4.74 Å². The lowest BCUT2D eigenvalue weighted by atomic mass is 9.79. The normalized spacial score (nSPS) is 19.8. The molecule has 23 heavy (non-hydrogen) atoms. The summed E-state index contributed by atoms with van der Waals surface area (Å²) in [6.45, 7) is 0. The Balaban J connectivity index is 2.03. The zero-order valence-electron chi connectivity index (χ0n) is 12.8. The van der Waals surface area contributed by atoms with Gasteiger partial charge in [0, 0.05) is 12.0 Å². The summed E-state index contributed by atoms with van der Waals surface area (Å²) < 4.78 is 21.0. The van der Waals surface area contributed by atoms with Gasteiger partial charge in [0.2, 0.25) is 0 Å². The van der Waals surface area contributed by atoms with E-state index in [-0.39, 0.29) is 6.42 Å². The van der Waals surface area contributed by atoms with Gasteiger partial charge in [-0.2, -0.15) is 5.26 Å². The van der Waals surface area contributed by atoms with Crippen LogP contribution in [0, 0.1) is 11.3 Å². The first-order valence-corrected chi connectivity index (χ1v) is 7.38. The van der Waals surface area contributed by atoms with Crippen molar-refractivity contribution in [1.82, 2.24) is 0 Å². The number of allylic oxidation sites excluding steroid dienone is 4. The van der Waals surface area contributed by atoms with Crippen LogP contribution in [-0.4, -0.2) is 7.11 Å². The van der Waals surface area contributed by atoms with Crippen LogP contribution >= 0.6 is 0 Å². The summed E-state index contributed by atoms with van der Waals surface area (Å²) in [6, 6.07) is 16.1. The van der Waals surface area contributed by atoms with E-state index in [0.29, 0.717) is 22.4 Å². The molecule has 0 saturated heterocycles. The molecule has 0 radical (unpaired) electrons. The van der Waals surface area contributed by atoms with Crippen molar-refractivity contribution >= 4 is 5.57 Å².